The van der Waals surface area contributed by atoms with Crippen LogP contribution in [0, 0.1) is 5.82 Å². The van der Waals surface area contributed by atoms with Gasteiger partial charge in [0.2, 0.25) is 0 Å². The third kappa shape index (κ3) is 1.55. The molecule has 0 heterocycles. The highest BCUT2D eigenvalue weighted by molar-refractivity contribution is 7.60. The molecule has 0 aliphatic heterocycles. The van der Waals surface area contributed by atoms with Crippen LogP contribution in [0.15, 0.2) is 18.2 Å². The van der Waals surface area contributed by atoms with Crippen molar-refractivity contribution >= 4 is 30.1 Å². The van der Waals surface area contributed by atoms with Gasteiger partial charge >= 0.3 is 0 Å². The van der Waals surface area contributed by atoms with Gasteiger partial charge in [-0.3, -0.25) is 0 Å². The molecule has 0 saturated carbocycles. The normalized spacial score (nSPS) is 9.50. The van der Waals surface area contributed by atoms with Crippen LogP contribution < -0.4 is 4.72 Å². The van der Waals surface area contributed by atoms with Crippen LogP contribution >= 0.6 is 11.6 Å². The lowest BCUT2D eigenvalue weighted by atomic mass is 10.3. The summed E-state index contributed by atoms with van der Waals surface area (Å²) in [6, 6.07) is 4.11. The lowest BCUT2D eigenvalue weighted by molar-refractivity contribution is 0.628. The van der Waals surface area contributed by atoms with Crippen molar-refractivity contribution in [2.45, 2.75) is 0 Å². The molecule has 0 fully saturated rings. The van der Waals surface area contributed by atoms with Crippen LogP contribution in [-0.4, -0.2) is 0 Å². The zero-order valence-electron chi connectivity index (χ0n) is 4.99. The van der Waals surface area contributed by atoms with E-state index < -0.39 is 0 Å². The van der Waals surface area contributed by atoms with Gasteiger partial charge in [-0.1, -0.05) is 11.6 Å². The van der Waals surface area contributed by atoms with Crippen LogP contribution in [-0.2, 0) is 12.8 Å². The third-order valence-corrected chi connectivity index (χ3v) is 1.65. The first-order chi connectivity index (χ1) is 4.74. The Morgan fingerprint density at radius 2 is 2.20 bits per heavy atom. The van der Waals surface area contributed by atoms with Crippen molar-refractivity contribution in [3.63, 3.8) is 0 Å². The molecule has 1 rings (SSSR count). The molecule has 1 nitrogen and oxygen atoms in total. The summed E-state index contributed by atoms with van der Waals surface area (Å²) in [5.41, 5.74) is 0.653. The van der Waals surface area contributed by atoms with E-state index in [2.05, 4.69) is 17.5 Å². The number of anilines is 1. The Balaban J connectivity index is 3.07. The molecule has 54 valence electrons. The fraction of sp³-hybridized carbons (Fsp3) is 0. The molecule has 0 saturated heterocycles. The van der Waals surface area contributed by atoms with Gasteiger partial charge in [-0.25, -0.2) is 9.11 Å². The van der Waals surface area contributed by atoms with Crippen LogP contribution in [0.1, 0.15) is 0 Å². The Hall–Kier alpha value is -0.410. The topological polar surface area (TPSA) is 12.0 Å². The number of halogens is 2. The fourth-order valence-electron chi connectivity index (χ4n) is 0.591. The van der Waals surface area contributed by atoms with E-state index in [9.17, 15) is 4.39 Å². The van der Waals surface area contributed by atoms with Gasteiger partial charge in [-0.05, 0) is 18.2 Å². The van der Waals surface area contributed by atoms with Crippen molar-refractivity contribution in [1.29, 1.82) is 0 Å². The Kier molecular flexibility index (Phi) is 2.40. The maximum absolute atomic E-state index is 12.4. The van der Waals surface area contributed by atoms with E-state index >= 15 is 0 Å². The highest BCUT2D eigenvalue weighted by Crippen LogP contribution is 2.21. The molecule has 1 N–H and O–H groups in total. The maximum atomic E-state index is 12.4. The number of nitrogens with one attached hydrogen (secondary N) is 1. The molecule has 0 radical (unpaired) electrons. The molecular formula is C6H6ClFNS+. The predicted molar refractivity (Wildman–Crippen MR) is 45.2 cm³/mol. The van der Waals surface area contributed by atoms with Gasteiger partial charge < -0.3 is 0 Å². The second-order valence-electron chi connectivity index (χ2n) is 1.75. The van der Waals surface area contributed by atoms with Gasteiger partial charge in [-0.2, -0.15) is 0 Å². The number of rotatable bonds is 1. The summed E-state index contributed by atoms with van der Waals surface area (Å²) in [5.74, 6) is -0.337. The van der Waals surface area contributed by atoms with Crippen LogP contribution in [0.4, 0.5) is 10.1 Å². The molecule has 4 heteroatoms. The first-order valence-electron chi connectivity index (χ1n) is 2.62. The average Bonchev–Trinajstić information content (AvgIpc) is 1.88. The summed E-state index contributed by atoms with van der Waals surface area (Å²) in [6.07, 6.45) is 0. The Morgan fingerprint density at radius 1 is 1.50 bits per heavy atom. The van der Waals surface area contributed by atoms with Gasteiger partial charge in [0.1, 0.15) is 11.5 Å². The van der Waals surface area contributed by atoms with Gasteiger partial charge in [0, 0.05) is 0 Å². The zero-order chi connectivity index (χ0) is 7.56. The van der Waals surface area contributed by atoms with Crippen molar-refractivity contribution in [3.8, 4) is 0 Å². The molecule has 0 atom stereocenters. The summed E-state index contributed by atoms with van der Waals surface area (Å²) < 4.78 is 15.0. The molecule has 1 aromatic carbocycles. The molecule has 0 aliphatic carbocycles. The molecule has 0 bridgehead atoms. The van der Waals surface area contributed by atoms with Crippen LogP contribution in [0.25, 0.3) is 0 Å². The Morgan fingerprint density at radius 3 is 2.70 bits per heavy atom. The van der Waals surface area contributed by atoms with Crippen LogP contribution in [0.2, 0.25) is 5.02 Å². The number of benzene rings is 1. The van der Waals surface area contributed by atoms with E-state index in [1.807, 2.05) is 0 Å². The average molecular weight is 179 g/mol. The quantitative estimate of drug-likeness (QED) is 0.647. The van der Waals surface area contributed by atoms with Crippen molar-refractivity contribution in [3.05, 3.63) is 29.0 Å². The molecule has 10 heavy (non-hydrogen) atoms. The first kappa shape index (κ1) is 7.69. The van der Waals surface area contributed by atoms with E-state index in [-0.39, 0.29) is 5.82 Å². The van der Waals surface area contributed by atoms with Crippen LogP contribution in [0.5, 0.6) is 0 Å². The second-order valence-corrected chi connectivity index (χ2v) is 2.41. The fourth-order valence-corrected chi connectivity index (χ4v) is 1.10. The largest absolute Gasteiger partial charge is 0.209 e. The number of hydrogen-bond acceptors (Lipinski definition) is 1. The maximum Gasteiger partial charge on any atom is 0.124 e. The summed E-state index contributed by atoms with van der Waals surface area (Å²) in [4.78, 5) is 0. The second kappa shape index (κ2) is 3.12. The Labute approximate surface area is 68.7 Å². The molecule has 0 unspecified atom stereocenters. The lowest BCUT2D eigenvalue weighted by Crippen LogP contribution is -1.86. The lowest BCUT2D eigenvalue weighted by Gasteiger charge is -1.96. The standard InChI is InChI=1S/C6H5ClFNS/c7-5-3-4(8)1-2-6(5)9-10/h1-3,9-10H/p+1. The predicted octanol–water partition coefficient (Wildman–Crippen LogP) is 1.82. The van der Waals surface area contributed by atoms with Gasteiger partial charge in [0.15, 0.2) is 0 Å². The summed E-state index contributed by atoms with van der Waals surface area (Å²) in [6.45, 7) is 0. The van der Waals surface area contributed by atoms with E-state index in [1.54, 1.807) is 6.07 Å². The van der Waals surface area contributed by atoms with Crippen molar-refractivity contribution in [2.75, 3.05) is 4.72 Å². The molecule has 0 spiro atoms. The molecule has 0 aliphatic rings. The monoisotopic (exact) mass is 178 g/mol. The molecule has 1 aromatic rings. The minimum atomic E-state index is -0.337. The van der Waals surface area contributed by atoms with Gasteiger partial charge in [-0.15, -0.1) is 0 Å². The summed E-state index contributed by atoms with van der Waals surface area (Å²) in [7, 11) is 0. The number of hydrogen-bond donors (Lipinski definition) is 1. The van der Waals surface area contributed by atoms with E-state index in [4.69, 9.17) is 11.6 Å². The Bertz CT molecular complexity index is 241. The van der Waals surface area contributed by atoms with E-state index in [0.717, 1.165) is 0 Å². The van der Waals surface area contributed by atoms with Gasteiger partial charge in [0.25, 0.3) is 0 Å². The van der Waals surface area contributed by atoms with E-state index in [0.29, 0.717) is 10.7 Å². The highest BCUT2D eigenvalue weighted by Gasteiger charge is 1.99. The van der Waals surface area contributed by atoms with E-state index in [1.165, 1.54) is 12.1 Å². The molecular weight excluding hydrogens is 173 g/mol. The first-order valence-corrected chi connectivity index (χ1v) is 3.49. The molecule has 0 amide bonds. The highest BCUT2D eigenvalue weighted by atomic mass is 35.5. The zero-order valence-corrected chi connectivity index (χ0v) is 6.74. The smallest absolute Gasteiger partial charge is 0.124 e. The minimum Gasteiger partial charge on any atom is -0.209 e. The van der Waals surface area contributed by atoms with Crippen molar-refractivity contribution < 1.29 is 4.39 Å². The third-order valence-electron chi connectivity index (χ3n) is 1.07. The summed E-state index contributed by atoms with van der Waals surface area (Å²) >= 11 is 8.62. The van der Waals surface area contributed by atoms with Gasteiger partial charge in [0.05, 0.1) is 17.8 Å². The van der Waals surface area contributed by atoms with Crippen LogP contribution in [0.3, 0.4) is 0 Å². The van der Waals surface area contributed by atoms with Crippen molar-refractivity contribution in [2.24, 2.45) is 0 Å². The van der Waals surface area contributed by atoms with Crippen molar-refractivity contribution in [1.82, 2.24) is 0 Å². The SMILES string of the molecule is Fc1ccc(N[SH2+])c(Cl)c1. The molecule has 0 aromatic heterocycles. The minimum absolute atomic E-state index is 0.337. The summed E-state index contributed by atoms with van der Waals surface area (Å²) in [5, 5.41) is 0.356.